The molecule has 150 valence electrons. The quantitative estimate of drug-likeness (QED) is 0.281. The Bertz CT molecular complexity index is 1020. The third-order valence-corrected chi connectivity index (χ3v) is 4.46. The molecule has 2 aromatic rings. The highest BCUT2D eigenvalue weighted by molar-refractivity contribution is 9.10. The second-order valence-electron chi connectivity index (χ2n) is 5.94. The smallest absolute Gasteiger partial charge is 0.326 e. The Morgan fingerprint density at radius 1 is 1.17 bits per heavy atom. The molecule has 2 N–H and O–H groups in total. The van der Waals surface area contributed by atoms with Gasteiger partial charge in [-0.25, -0.2) is 4.79 Å². The van der Waals surface area contributed by atoms with Gasteiger partial charge < -0.3 is 14.8 Å². The van der Waals surface area contributed by atoms with E-state index in [2.05, 4.69) is 26.6 Å². The van der Waals surface area contributed by atoms with Gasteiger partial charge in [-0.15, -0.1) is 0 Å². The lowest BCUT2D eigenvalue weighted by atomic mass is 10.1. The van der Waals surface area contributed by atoms with Gasteiger partial charge in [0.2, 0.25) is 0 Å². The van der Waals surface area contributed by atoms with Crippen molar-refractivity contribution >= 4 is 39.6 Å². The van der Waals surface area contributed by atoms with Gasteiger partial charge in [0, 0.05) is 12.1 Å². The summed E-state index contributed by atoms with van der Waals surface area (Å²) in [5, 5.41) is 15.5. The number of nitro groups is 1. The molecule has 1 fully saturated rings. The van der Waals surface area contributed by atoms with Crippen LogP contribution in [-0.2, 0) is 11.4 Å². The number of nitrogens with one attached hydrogen (secondary N) is 2. The molecule has 1 aliphatic rings. The van der Waals surface area contributed by atoms with Crippen molar-refractivity contribution in [2.75, 3.05) is 6.61 Å². The van der Waals surface area contributed by atoms with Crippen molar-refractivity contribution in [3.8, 4) is 11.5 Å². The van der Waals surface area contributed by atoms with E-state index in [4.69, 9.17) is 9.47 Å². The number of hydrogen-bond donors (Lipinski definition) is 2. The average Bonchev–Trinajstić information content (AvgIpc) is 2.98. The van der Waals surface area contributed by atoms with Crippen LogP contribution in [0.3, 0.4) is 0 Å². The molecule has 0 radical (unpaired) electrons. The molecule has 0 spiro atoms. The van der Waals surface area contributed by atoms with E-state index in [1.165, 1.54) is 18.2 Å². The molecule has 0 aromatic heterocycles. The second-order valence-corrected chi connectivity index (χ2v) is 6.80. The van der Waals surface area contributed by atoms with E-state index in [0.717, 1.165) is 0 Å². The van der Waals surface area contributed by atoms with Gasteiger partial charge in [0.1, 0.15) is 12.3 Å². The number of carbonyl (C=O) groups excluding carboxylic acids is 2. The Balaban J connectivity index is 1.86. The summed E-state index contributed by atoms with van der Waals surface area (Å²) in [6, 6.07) is 8.95. The minimum absolute atomic E-state index is 0.0194. The fraction of sp³-hybridized carbons (Fsp3) is 0.158. The van der Waals surface area contributed by atoms with Crippen LogP contribution < -0.4 is 20.1 Å². The molecule has 1 aliphatic heterocycles. The Hall–Kier alpha value is -3.40. The molecule has 0 unspecified atom stereocenters. The number of halogens is 1. The van der Waals surface area contributed by atoms with E-state index in [9.17, 15) is 19.7 Å². The normalized spacial score (nSPS) is 14.5. The summed E-state index contributed by atoms with van der Waals surface area (Å²) in [5.74, 6) is 0.319. The number of rotatable bonds is 7. The van der Waals surface area contributed by atoms with Gasteiger partial charge in [0.15, 0.2) is 11.5 Å². The van der Waals surface area contributed by atoms with Crippen molar-refractivity contribution in [1.29, 1.82) is 0 Å². The fourth-order valence-corrected chi connectivity index (χ4v) is 3.21. The third-order valence-electron chi connectivity index (χ3n) is 3.87. The molecule has 1 saturated heterocycles. The summed E-state index contributed by atoms with van der Waals surface area (Å²) in [4.78, 5) is 33.4. The Labute approximate surface area is 174 Å². The topological polar surface area (TPSA) is 120 Å². The van der Waals surface area contributed by atoms with Gasteiger partial charge in [0.05, 0.1) is 16.0 Å². The largest absolute Gasteiger partial charge is 0.490 e. The summed E-state index contributed by atoms with van der Waals surface area (Å²) in [7, 11) is 0. The zero-order valence-electron chi connectivity index (χ0n) is 15.2. The number of carbonyl (C=O) groups is 2. The molecule has 9 nitrogen and oxygen atoms in total. The van der Waals surface area contributed by atoms with E-state index < -0.39 is 16.9 Å². The van der Waals surface area contributed by atoms with Crippen molar-refractivity contribution in [2.45, 2.75) is 13.5 Å². The first-order valence-corrected chi connectivity index (χ1v) is 9.33. The number of benzene rings is 2. The predicted molar refractivity (Wildman–Crippen MR) is 107 cm³/mol. The standard InChI is InChI=1S/C19H16BrN3O6/c1-2-28-16-9-12(8-15-18(24)22-19(25)21-15)7-14(20)17(16)29-10-11-4-3-5-13(6-11)23(26)27/h3-9H,2,10H2,1H3,(H2,21,22,24,25)/b15-8+. The number of nitrogens with zero attached hydrogens (tertiary/aromatic N) is 1. The first-order chi connectivity index (χ1) is 13.9. The molecule has 3 rings (SSSR count). The van der Waals surface area contributed by atoms with Gasteiger partial charge in [0.25, 0.3) is 11.6 Å². The van der Waals surface area contributed by atoms with Crippen molar-refractivity contribution in [2.24, 2.45) is 0 Å². The van der Waals surface area contributed by atoms with Gasteiger partial charge in [-0.2, -0.15) is 0 Å². The molecule has 1 heterocycles. The van der Waals surface area contributed by atoms with Crippen molar-refractivity contribution in [3.63, 3.8) is 0 Å². The second kappa shape index (κ2) is 8.74. The summed E-state index contributed by atoms with van der Waals surface area (Å²) in [6.45, 7) is 2.28. The minimum Gasteiger partial charge on any atom is -0.490 e. The molecule has 0 atom stereocenters. The lowest BCUT2D eigenvalue weighted by Gasteiger charge is -2.15. The van der Waals surface area contributed by atoms with E-state index in [1.807, 2.05) is 6.92 Å². The average molecular weight is 462 g/mol. The van der Waals surface area contributed by atoms with E-state index in [0.29, 0.717) is 33.7 Å². The summed E-state index contributed by atoms with van der Waals surface area (Å²) in [6.07, 6.45) is 1.51. The molecule has 29 heavy (non-hydrogen) atoms. The summed E-state index contributed by atoms with van der Waals surface area (Å²) < 4.78 is 12.0. The summed E-state index contributed by atoms with van der Waals surface area (Å²) in [5.41, 5.74) is 1.34. The Morgan fingerprint density at radius 2 is 1.97 bits per heavy atom. The number of amides is 3. The van der Waals surface area contributed by atoms with Gasteiger partial charge in [-0.3, -0.25) is 20.2 Å². The van der Waals surface area contributed by atoms with Gasteiger partial charge in [-0.1, -0.05) is 12.1 Å². The van der Waals surface area contributed by atoms with Crippen LogP contribution in [0.1, 0.15) is 18.1 Å². The maximum Gasteiger partial charge on any atom is 0.326 e. The van der Waals surface area contributed by atoms with Crippen molar-refractivity contribution < 1.29 is 24.0 Å². The van der Waals surface area contributed by atoms with Crippen LogP contribution in [0.15, 0.2) is 46.6 Å². The Kier molecular flexibility index (Phi) is 6.13. The summed E-state index contributed by atoms with van der Waals surface area (Å²) >= 11 is 3.43. The van der Waals surface area contributed by atoms with Crippen molar-refractivity contribution in [3.05, 3.63) is 67.8 Å². The lowest BCUT2D eigenvalue weighted by Crippen LogP contribution is -2.22. The van der Waals surface area contributed by atoms with Crippen LogP contribution in [0.25, 0.3) is 6.08 Å². The van der Waals surface area contributed by atoms with Crippen LogP contribution in [-0.4, -0.2) is 23.5 Å². The fourth-order valence-electron chi connectivity index (χ4n) is 2.64. The minimum atomic E-state index is -0.581. The molecule has 3 amide bonds. The number of urea groups is 1. The lowest BCUT2D eigenvalue weighted by molar-refractivity contribution is -0.384. The van der Waals surface area contributed by atoms with Crippen LogP contribution >= 0.6 is 15.9 Å². The van der Waals surface area contributed by atoms with Crippen LogP contribution in [0.2, 0.25) is 0 Å². The number of hydrogen-bond acceptors (Lipinski definition) is 6. The third kappa shape index (κ3) is 4.91. The number of imide groups is 1. The highest BCUT2D eigenvalue weighted by Gasteiger charge is 2.23. The molecule has 2 aromatic carbocycles. The van der Waals surface area contributed by atoms with Gasteiger partial charge in [-0.05, 0) is 52.2 Å². The van der Waals surface area contributed by atoms with Crippen LogP contribution in [0.5, 0.6) is 11.5 Å². The number of non-ortho nitro benzene ring substituents is 1. The predicted octanol–water partition coefficient (Wildman–Crippen LogP) is 3.52. The van der Waals surface area contributed by atoms with Crippen LogP contribution in [0.4, 0.5) is 10.5 Å². The van der Waals surface area contributed by atoms with E-state index >= 15 is 0 Å². The highest BCUT2D eigenvalue weighted by atomic mass is 79.9. The zero-order chi connectivity index (χ0) is 21.0. The van der Waals surface area contributed by atoms with E-state index in [-0.39, 0.29) is 18.0 Å². The zero-order valence-corrected chi connectivity index (χ0v) is 16.8. The van der Waals surface area contributed by atoms with Crippen LogP contribution in [0, 0.1) is 10.1 Å². The molecule has 0 saturated carbocycles. The monoisotopic (exact) mass is 461 g/mol. The Morgan fingerprint density at radius 3 is 2.62 bits per heavy atom. The molecular weight excluding hydrogens is 446 g/mol. The maximum atomic E-state index is 11.7. The number of nitro benzene ring substituents is 1. The molecule has 0 aliphatic carbocycles. The molecule has 10 heteroatoms. The van der Waals surface area contributed by atoms with Gasteiger partial charge >= 0.3 is 6.03 Å². The SMILES string of the molecule is CCOc1cc(/C=C2/NC(=O)NC2=O)cc(Br)c1OCc1cccc([N+](=O)[O-])c1. The highest BCUT2D eigenvalue weighted by Crippen LogP contribution is 2.38. The number of ether oxygens (including phenoxy) is 2. The molecule has 0 bridgehead atoms. The first kappa shape index (κ1) is 20.3. The maximum absolute atomic E-state index is 11.7. The van der Waals surface area contributed by atoms with Crippen molar-refractivity contribution in [1.82, 2.24) is 10.6 Å². The first-order valence-electron chi connectivity index (χ1n) is 8.54. The molecular formula is C19H16BrN3O6. The van der Waals surface area contributed by atoms with E-state index in [1.54, 1.807) is 24.3 Å².